The summed E-state index contributed by atoms with van der Waals surface area (Å²) in [6, 6.07) is 4.68. The fraction of sp³-hybridized carbons (Fsp3) is 0.737. The van der Waals surface area contributed by atoms with Gasteiger partial charge in [-0.15, -0.1) is 0 Å². The average molecular weight is 318 g/mol. The van der Waals surface area contributed by atoms with E-state index in [9.17, 15) is 0 Å². The maximum Gasteiger partial charge on any atom is 0.0736 e. The van der Waals surface area contributed by atoms with Crippen LogP contribution >= 0.6 is 0 Å². The molecule has 1 aromatic heterocycles. The number of likely N-dealkylation sites (tertiary alicyclic amines) is 1. The summed E-state index contributed by atoms with van der Waals surface area (Å²) < 4.78 is 12.1. The van der Waals surface area contributed by atoms with Crippen molar-refractivity contribution in [1.29, 1.82) is 0 Å². The van der Waals surface area contributed by atoms with Gasteiger partial charge in [0.15, 0.2) is 0 Å². The Labute approximate surface area is 140 Å². The number of hydrogen-bond donors (Lipinski definition) is 0. The third kappa shape index (κ3) is 4.11. The first-order valence-corrected chi connectivity index (χ1v) is 9.04. The van der Waals surface area contributed by atoms with Crippen molar-refractivity contribution in [2.24, 2.45) is 5.92 Å². The van der Waals surface area contributed by atoms with Crippen LogP contribution < -0.4 is 0 Å². The molecule has 0 saturated carbocycles. The normalized spacial score (nSPS) is 24.6. The number of nitrogens with zero attached hydrogens (tertiary/aromatic N) is 2. The van der Waals surface area contributed by atoms with Gasteiger partial charge in [-0.1, -0.05) is 0 Å². The van der Waals surface area contributed by atoms with Gasteiger partial charge in [0.2, 0.25) is 0 Å². The first kappa shape index (κ1) is 16.9. The predicted molar refractivity (Wildman–Crippen MR) is 91.2 cm³/mol. The summed E-state index contributed by atoms with van der Waals surface area (Å²) in [4.78, 5) is 6.61. The van der Waals surface area contributed by atoms with Crippen LogP contribution in [0.4, 0.5) is 0 Å². The maximum absolute atomic E-state index is 6.25. The summed E-state index contributed by atoms with van der Waals surface area (Å²) in [7, 11) is 0. The average Bonchev–Trinajstić information content (AvgIpc) is 2.95. The second-order valence-electron chi connectivity index (χ2n) is 7.23. The molecular weight excluding hydrogens is 288 g/mol. The quantitative estimate of drug-likeness (QED) is 0.754. The molecule has 0 bridgehead atoms. The maximum atomic E-state index is 6.25. The molecule has 3 heterocycles. The Morgan fingerprint density at radius 1 is 1.30 bits per heavy atom. The Morgan fingerprint density at radius 3 is 2.74 bits per heavy atom. The van der Waals surface area contributed by atoms with E-state index in [0.717, 1.165) is 19.6 Å². The molecule has 3 rings (SSSR count). The highest BCUT2D eigenvalue weighted by molar-refractivity contribution is 5.07. The second kappa shape index (κ2) is 7.73. The zero-order valence-electron chi connectivity index (χ0n) is 14.5. The van der Waals surface area contributed by atoms with Gasteiger partial charge < -0.3 is 14.4 Å². The van der Waals surface area contributed by atoms with E-state index in [1.165, 1.54) is 37.9 Å². The van der Waals surface area contributed by atoms with Crippen molar-refractivity contribution in [2.45, 2.75) is 57.8 Å². The van der Waals surface area contributed by atoms with Gasteiger partial charge in [0.05, 0.1) is 12.2 Å². The zero-order valence-corrected chi connectivity index (χ0v) is 14.5. The van der Waals surface area contributed by atoms with Crippen LogP contribution in [0.15, 0.2) is 24.5 Å². The van der Waals surface area contributed by atoms with Gasteiger partial charge in [-0.05, 0) is 63.1 Å². The standard InChI is InChI=1S/C19H30N2O2/c1-16(2)21-11-7-19(8-12-21)18(6-14-23-19)5-13-22-15-17-3-9-20-10-4-17/h3-4,9-10,16,18H,5-8,11-15H2,1-2H3. The third-order valence-corrected chi connectivity index (χ3v) is 5.60. The topological polar surface area (TPSA) is 34.6 Å². The summed E-state index contributed by atoms with van der Waals surface area (Å²) in [5.41, 5.74) is 1.33. The van der Waals surface area contributed by atoms with Gasteiger partial charge in [-0.25, -0.2) is 0 Å². The molecule has 2 saturated heterocycles. The van der Waals surface area contributed by atoms with E-state index < -0.39 is 0 Å². The molecule has 2 aliphatic heterocycles. The van der Waals surface area contributed by atoms with Crippen LogP contribution in [-0.2, 0) is 16.1 Å². The van der Waals surface area contributed by atoms with Crippen molar-refractivity contribution in [3.05, 3.63) is 30.1 Å². The van der Waals surface area contributed by atoms with E-state index in [2.05, 4.69) is 23.7 Å². The van der Waals surface area contributed by atoms with E-state index in [-0.39, 0.29) is 5.60 Å². The Morgan fingerprint density at radius 2 is 2.04 bits per heavy atom. The summed E-state index contributed by atoms with van der Waals surface area (Å²) in [5.74, 6) is 0.661. The van der Waals surface area contributed by atoms with Crippen LogP contribution in [0.3, 0.4) is 0 Å². The van der Waals surface area contributed by atoms with Crippen LogP contribution in [0.2, 0.25) is 0 Å². The van der Waals surface area contributed by atoms with Gasteiger partial charge in [0.1, 0.15) is 0 Å². The molecule has 0 aromatic carbocycles. The van der Waals surface area contributed by atoms with Crippen molar-refractivity contribution in [1.82, 2.24) is 9.88 Å². The monoisotopic (exact) mass is 318 g/mol. The lowest BCUT2D eigenvalue weighted by atomic mass is 9.78. The SMILES string of the molecule is CC(C)N1CCC2(CC1)OCCC2CCOCc1ccncc1. The number of rotatable bonds is 6. The molecule has 1 aromatic rings. The Balaban J connectivity index is 1.44. The van der Waals surface area contributed by atoms with Gasteiger partial charge in [0.25, 0.3) is 0 Å². The molecule has 128 valence electrons. The van der Waals surface area contributed by atoms with Crippen LogP contribution in [0.1, 0.15) is 45.1 Å². The lowest BCUT2D eigenvalue weighted by Crippen LogP contribution is -2.49. The summed E-state index contributed by atoms with van der Waals surface area (Å²) >= 11 is 0. The van der Waals surface area contributed by atoms with Crippen molar-refractivity contribution < 1.29 is 9.47 Å². The number of pyridine rings is 1. The number of aromatic nitrogens is 1. The van der Waals surface area contributed by atoms with Crippen LogP contribution in [0.5, 0.6) is 0 Å². The summed E-state index contributed by atoms with van der Waals surface area (Å²) in [6.07, 6.45) is 8.31. The highest BCUT2D eigenvalue weighted by Crippen LogP contribution is 2.42. The lowest BCUT2D eigenvalue weighted by Gasteiger charge is -2.43. The van der Waals surface area contributed by atoms with Gasteiger partial charge in [-0.3, -0.25) is 4.98 Å². The minimum Gasteiger partial charge on any atom is -0.377 e. The molecule has 4 nitrogen and oxygen atoms in total. The fourth-order valence-corrected chi connectivity index (χ4v) is 4.06. The number of ether oxygens (including phenoxy) is 2. The first-order valence-electron chi connectivity index (χ1n) is 9.04. The second-order valence-corrected chi connectivity index (χ2v) is 7.23. The van der Waals surface area contributed by atoms with Crippen LogP contribution in [0.25, 0.3) is 0 Å². The minimum atomic E-state index is 0.130. The zero-order chi connectivity index (χ0) is 16.1. The smallest absolute Gasteiger partial charge is 0.0736 e. The molecule has 1 spiro atoms. The minimum absolute atomic E-state index is 0.130. The molecule has 2 aliphatic rings. The fourth-order valence-electron chi connectivity index (χ4n) is 4.06. The largest absolute Gasteiger partial charge is 0.377 e. The van der Waals surface area contributed by atoms with Crippen molar-refractivity contribution in [3.8, 4) is 0 Å². The molecule has 0 amide bonds. The lowest BCUT2D eigenvalue weighted by molar-refractivity contribution is -0.0761. The van der Waals surface area contributed by atoms with Crippen LogP contribution in [-0.4, -0.2) is 47.8 Å². The van der Waals surface area contributed by atoms with E-state index in [1.807, 2.05) is 24.5 Å². The molecule has 1 atom stereocenters. The molecular formula is C19H30N2O2. The van der Waals surface area contributed by atoms with E-state index >= 15 is 0 Å². The Bertz CT molecular complexity index is 470. The summed E-state index contributed by atoms with van der Waals surface area (Å²) in [6.45, 7) is 9.36. The van der Waals surface area contributed by atoms with E-state index in [0.29, 0.717) is 18.6 Å². The van der Waals surface area contributed by atoms with Gasteiger partial charge in [-0.2, -0.15) is 0 Å². The third-order valence-electron chi connectivity index (χ3n) is 5.60. The Hall–Kier alpha value is -0.970. The van der Waals surface area contributed by atoms with E-state index in [1.54, 1.807) is 0 Å². The van der Waals surface area contributed by atoms with Crippen molar-refractivity contribution in [3.63, 3.8) is 0 Å². The molecule has 23 heavy (non-hydrogen) atoms. The molecule has 4 heteroatoms. The Kier molecular flexibility index (Phi) is 5.67. The van der Waals surface area contributed by atoms with E-state index in [4.69, 9.17) is 9.47 Å². The van der Waals surface area contributed by atoms with Gasteiger partial charge >= 0.3 is 0 Å². The molecule has 2 fully saturated rings. The highest BCUT2D eigenvalue weighted by Gasteiger charge is 2.45. The van der Waals surface area contributed by atoms with Crippen molar-refractivity contribution in [2.75, 3.05) is 26.3 Å². The molecule has 1 unspecified atom stereocenters. The number of hydrogen-bond acceptors (Lipinski definition) is 4. The highest BCUT2D eigenvalue weighted by atomic mass is 16.5. The first-order chi connectivity index (χ1) is 11.2. The molecule has 0 radical (unpaired) electrons. The van der Waals surface area contributed by atoms with Gasteiger partial charge in [0, 0.05) is 44.7 Å². The van der Waals surface area contributed by atoms with Crippen molar-refractivity contribution >= 4 is 0 Å². The predicted octanol–water partition coefficient (Wildman–Crippen LogP) is 3.27. The molecule has 0 aliphatic carbocycles. The molecule has 0 N–H and O–H groups in total. The number of piperidine rings is 1. The van der Waals surface area contributed by atoms with Crippen LogP contribution in [0, 0.1) is 5.92 Å². The summed E-state index contributed by atoms with van der Waals surface area (Å²) in [5, 5.41) is 0.